The molecule has 2 N–H and O–H groups in total. The monoisotopic (exact) mass is 443 g/mol. The molecule has 0 spiro atoms. The van der Waals surface area contributed by atoms with Crippen LogP contribution in [0.3, 0.4) is 0 Å². The summed E-state index contributed by atoms with van der Waals surface area (Å²) in [5.41, 5.74) is 2.16. The molecule has 3 aromatic rings. The number of fused-ring (bicyclic) bond motifs is 3. The highest BCUT2D eigenvalue weighted by Gasteiger charge is 2.24. The zero-order valence-electron chi connectivity index (χ0n) is 14.5. The number of aliphatic hydroxyl groups is 1. The van der Waals surface area contributed by atoms with Gasteiger partial charge in [-0.05, 0) is 36.8 Å². The molecule has 2 aromatic carbocycles. The van der Waals surface area contributed by atoms with Crippen molar-refractivity contribution in [1.29, 1.82) is 0 Å². The van der Waals surface area contributed by atoms with E-state index in [0.717, 1.165) is 29.7 Å². The molecular formula is C20H23Cl2NO4S. The van der Waals surface area contributed by atoms with Crippen molar-refractivity contribution in [2.45, 2.75) is 43.2 Å². The molecule has 8 heteroatoms. The molecule has 5 nitrogen and oxygen atoms in total. The van der Waals surface area contributed by atoms with Gasteiger partial charge in [-0.2, -0.15) is 0 Å². The summed E-state index contributed by atoms with van der Waals surface area (Å²) in [6.07, 6.45) is 0.103. The number of hydrogen-bond acceptors (Lipinski definition) is 5. The normalized spacial score (nSPS) is 14.7. The summed E-state index contributed by atoms with van der Waals surface area (Å²) in [6.45, 7) is 3.09. The quantitative estimate of drug-likeness (QED) is 0.614. The maximum absolute atomic E-state index is 13.0. The molecule has 152 valence electrons. The Labute approximate surface area is 176 Å². The van der Waals surface area contributed by atoms with Crippen molar-refractivity contribution >= 4 is 44.8 Å². The number of furan rings is 1. The van der Waals surface area contributed by atoms with E-state index in [1.54, 1.807) is 25.1 Å². The van der Waals surface area contributed by atoms with E-state index in [4.69, 9.17) is 16.0 Å². The molecule has 1 aliphatic rings. The molecule has 0 saturated heterocycles. The molecule has 0 radical (unpaired) electrons. The van der Waals surface area contributed by atoms with Crippen molar-refractivity contribution in [3.63, 3.8) is 0 Å². The smallest absolute Gasteiger partial charge is 0.206 e. The maximum atomic E-state index is 13.0. The lowest BCUT2D eigenvalue weighted by atomic mass is 10.1. The van der Waals surface area contributed by atoms with Gasteiger partial charge in [-0.3, -0.25) is 0 Å². The highest BCUT2D eigenvalue weighted by Crippen LogP contribution is 2.36. The Morgan fingerprint density at radius 3 is 2.50 bits per heavy atom. The van der Waals surface area contributed by atoms with Gasteiger partial charge in [0.15, 0.2) is 5.58 Å². The van der Waals surface area contributed by atoms with E-state index in [-0.39, 0.29) is 34.6 Å². The number of benzene rings is 2. The van der Waals surface area contributed by atoms with E-state index in [1.165, 1.54) is 18.2 Å². The van der Waals surface area contributed by atoms with Gasteiger partial charge >= 0.3 is 0 Å². The van der Waals surface area contributed by atoms with Crippen LogP contribution in [0.25, 0.3) is 11.0 Å². The Kier molecular flexibility index (Phi) is 6.84. The van der Waals surface area contributed by atoms with Crippen molar-refractivity contribution < 1.29 is 17.9 Å². The van der Waals surface area contributed by atoms with Crippen molar-refractivity contribution in [1.82, 2.24) is 5.32 Å². The molecule has 2 heterocycles. The van der Waals surface area contributed by atoms with E-state index in [0.29, 0.717) is 17.7 Å². The van der Waals surface area contributed by atoms with Gasteiger partial charge in [0.25, 0.3) is 0 Å². The Balaban J connectivity index is 0.00000140. The summed E-state index contributed by atoms with van der Waals surface area (Å²) in [6, 6.07) is 9.30. The minimum atomic E-state index is -3.73. The van der Waals surface area contributed by atoms with Crippen molar-refractivity contribution in [3.05, 3.63) is 58.3 Å². The lowest BCUT2D eigenvalue weighted by molar-refractivity contribution is 0.199. The summed E-state index contributed by atoms with van der Waals surface area (Å²) in [7, 11) is -3.73. The predicted octanol–water partition coefficient (Wildman–Crippen LogP) is 4.68. The fourth-order valence-electron chi connectivity index (χ4n) is 3.26. The van der Waals surface area contributed by atoms with E-state index in [2.05, 4.69) is 5.32 Å². The highest BCUT2D eigenvalue weighted by atomic mass is 35.5. The molecule has 28 heavy (non-hydrogen) atoms. The summed E-state index contributed by atoms with van der Waals surface area (Å²) in [5.74, 6) is 0.858. The number of hydrogen-bond donors (Lipinski definition) is 2. The first kappa shape index (κ1) is 22.7. The van der Waals surface area contributed by atoms with Gasteiger partial charge in [-0.25, -0.2) is 8.42 Å². The van der Waals surface area contributed by atoms with E-state index < -0.39 is 15.9 Å². The molecule has 0 unspecified atom stereocenters. The number of aliphatic hydroxyl groups excluding tert-OH is 1. The first-order chi connectivity index (χ1) is 12.4. The Morgan fingerprint density at radius 1 is 1.18 bits per heavy atom. The molecule has 1 aliphatic heterocycles. The van der Waals surface area contributed by atoms with E-state index in [9.17, 15) is 13.5 Å². The first-order valence-electron chi connectivity index (χ1n) is 8.35. The molecule has 0 saturated carbocycles. The van der Waals surface area contributed by atoms with Crippen LogP contribution in [0.4, 0.5) is 0 Å². The molecule has 4 rings (SSSR count). The van der Waals surface area contributed by atoms with E-state index >= 15 is 0 Å². The van der Waals surface area contributed by atoms with Gasteiger partial charge in [0.1, 0.15) is 5.76 Å². The van der Waals surface area contributed by atoms with Gasteiger partial charge in [-0.15, -0.1) is 12.4 Å². The second-order valence-corrected chi connectivity index (χ2v) is 8.82. The van der Waals surface area contributed by atoms with Crippen LogP contribution >= 0.6 is 24.0 Å². The zero-order valence-corrected chi connectivity index (χ0v) is 16.9. The Bertz CT molecular complexity index is 1090. The number of sulfone groups is 1. The fourth-order valence-corrected chi connectivity index (χ4v) is 4.89. The second-order valence-electron chi connectivity index (χ2n) is 6.46. The molecule has 1 atom stereocenters. The van der Waals surface area contributed by atoms with E-state index in [1.807, 2.05) is 0 Å². The number of halogens is 2. The molecule has 0 aliphatic carbocycles. The van der Waals surface area contributed by atoms with Crippen LogP contribution < -0.4 is 5.32 Å². The topological polar surface area (TPSA) is 79.5 Å². The molecule has 1 aromatic heterocycles. The largest absolute Gasteiger partial charge is 0.459 e. The molecule has 0 fully saturated rings. The van der Waals surface area contributed by atoms with Crippen molar-refractivity contribution in [2.24, 2.45) is 0 Å². The lowest BCUT2D eigenvalue weighted by Crippen LogP contribution is -2.22. The SMILES string of the molecule is C.C[C@H](O)c1ccc(S(=O)(=O)c2cc(Cl)c3oc4c(c3c2)CNCC4)cc1.Cl. The number of rotatable bonds is 3. The van der Waals surface area contributed by atoms with Crippen LogP contribution in [-0.2, 0) is 22.8 Å². The average molecular weight is 444 g/mol. The van der Waals surface area contributed by atoms with Crippen LogP contribution in [0.5, 0.6) is 0 Å². The van der Waals surface area contributed by atoms with Gasteiger partial charge in [-0.1, -0.05) is 31.2 Å². The third kappa shape index (κ3) is 3.80. The third-order valence-corrected chi connectivity index (χ3v) is 6.75. The molecule has 0 amide bonds. The summed E-state index contributed by atoms with van der Waals surface area (Å²) in [4.78, 5) is 0.293. The molecule has 0 bridgehead atoms. The van der Waals surface area contributed by atoms with Crippen LogP contribution in [0.2, 0.25) is 5.02 Å². The van der Waals surface area contributed by atoms with Gasteiger partial charge in [0.05, 0.1) is 20.9 Å². The third-order valence-electron chi connectivity index (χ3n) is 4.72. The highest BCUT2D eigenvalue weighted by molar-refractivity contribution is 7.91. The first-order valence-corrected chi connectivity index (χ1v) is 10.2. The molecular weight excluding hydrogens is 421 g/mol. The summed E-state index contributed by atoms with van der Waals surface area (Å²) in [5, 5.41) is 13.9. The predicted molar refractivity (Wildman–Crippen MR) is 113 cm³/mol. The minimum Gasteiger partial charge on any atom is -0.459 e. The van der Waals surface area contributed by atoms with Gasteiger partial charge in [0, 0.05) is 30.5 Å². The number of nitrogens with one attached hydrogen (secondary N) is 1. The van der Waals surface area contributed by atoms with Crippen molar-refractivity contribution in [3.8, 4) is 0 Å². The van der Waals surface area contributed by atoms with Gasteiger partial charge in [0.2, 0.25) is 9.84 Å². The second kappa shape index (κ2) is 8.43. The Hall–Kier alpha value is -1.57. The van der Waals surface area contributed by atoms with Gasteiger partial charge < -0.3 is 14.8 Å². The van der Waals surface area contributed by atoms with Crippen LogP contribution in [-0.4, -0.2) is 20.1 Å². The summed E-state index contributed by atoms with van der Waals surface area (Å²) < 4.78 is 31.9. The average Bonchev–Trinajstić information content (AvgIpc) is 3.01. The summed E-state index contributed by atoms with van der Waals surface area (Å²) >= 11 is 6.33. The van der Waals surface area contributed by atoms with Crippen LogP contribution in [0.1, 0.15) is 37.3 Å². The standard InChI is InChI=1S/C19H18ClNO4S.CH4.ClH/c1-11(22)12-2-4-13(5-3-12)26(23,24)14-8-15-16-10-21-7-6-18(16)25-19(15)17(20)9-14;;/h2-5,8-9,11,21-22H,6-7,10H2,1H3;1H4;1H/t11-;;/m0../s1. The fraction of sp³-hybridized carbons (Fsp3) is 0.300. The van der Waals surface area contributed by atoms with Crippen molar-refractivity contribution in [2.75, 3.05) is 6.54 Å². The Morgan fingerprint density at radius 2 is 1.86 bits per heavy atom. The van der Waals surface area contributed by atoms with Crippen LogP contribution in [0, 0.1) is 0 Å². The minimum absolute atomic E-state index is 0. The van der Waals surface area contributed by atoms with Crippen LogP contribution in [0.15, 0.2) is 50.6 Å². The lowest BCUT2D eigenvalue weighted by Gasteiger charge is -2.11. The maximum Gasteiger partial charge on any atom is 0.206 e. The zero-order chi connectivity index (χ0) is 18.5.